The van der Waals surface area contributed by atoms with Crippen molar-refractivity contribution in [2.24, 2.45) is 17.1 Å². The molecule has 0 aromatic rings. The molecule has 0 aliphatic heterocycles. The highest BCUT2D eigenvalue weighted by atomic mass is 16.2. The molecule has 1 rings (SSSR count). The van der Waals surface area contributed by atoms with Crippen molar-refractivity contribution in [2.45, 2.75) is 58.9 Å². The van der Waals surface area contributed by atoms with Crippen LogP contribution in [0.5, 0.6) is 0 Å². The van der Waals surface area contributed by atoms with Crippen LogP contribution in [0.4, 0.5) is 0 Å². The first-order valence-corrected chi connectivity index (χ1v) is 6.55. The Morgan fingerprint density at radius 3 is 2.44 bits per heavy atom. The molecule has 0 radical (unpaired) electrons. The lowest BCUT2D eigenvalue weighted by Gasteiger charge is -2.40. The lowest BCUT2D eigenvalue weighted by molar-refractivity contribution is -0.135. The van der Waals surface area contributed by atoms with Gasteiger partial charge in [-0.3, -0.25) is 4.79 Å². The maximum absolute atomic E-state index is 12.1. The Labute approximate surface area is 99.2 Å². The average molecular weight is 226 g/mol. The van der Waals surface area contributed by atoms with Gasteiger partial charge in [-0.15, -0.1) is 0 Å². The van der Waals surface area contributed by atoms with Gasteiger partial charge in [0.2, 0.25) is 5.91 Å². The summed E-state index contributed by atoms with van der Waals surface area (Å²) in [5, 5.41) is 3.12. The number of carbonyl (C=O) groups is 1. The number of nitrogens with one attached hydrogen (secondary N) is 1. The molecule has 0 aromatic heterocycles. The van der Waals surface area contributed by atoms with E-state index in [0.29, 0.717) is 12.5 Å². The van der Waals surface area contributed by atoms with E-state index in [1.54, 1.807) is 0 Å². The molecule has 0 heterocycles. The number of carbonyl (C=O) groups excluding carboxylic acids is 1. The summed E-state index contributed by atoms with van der Waals surface area (Å²) in [7, 11) is 0. The lowest BCUT2D eigenvalue weighted by Crippen LogP contribution is -2.52. The lowest BCUT2D eigenvalue weighted by atomic mass is 9.68. The molecule has 16 heavy (non-hydrogen) atoms. The van der Waals surface area contributed by atoms with Crippen LogP contribution in [-0.4, -0.2) is 18.5 Å². The van der Waals surface area contributed by atoms with E-state index in [-0.39, 0.29) is 17.4 Å². The summed E-state index contributed by atoms with van der Waals surface area (Å²) in [6.45, 7) is 7.00. The van der Waals surface area contributed by atoms with Gasteiger partial charge in [-0.1, -0.05) is 26.7 Å². The molecule has 3 nitrogen and oxygen atoms in total. The molecule has 3 N–H and O–H groups in total. The van der Waals surface area contributed by atoms with Gasteiger partial charge >= 0.3 is 0 Å². The van der Waals surface area contributed by atoms with Gasteiger partial charge in [0.15, 0.2) is 0 Å². The molecule has 3 heteroatoms. The summed E-state index contributed by atoms with van der Waals surface area (Å²) >= 11 is 0. The van der Waals surface area contributed by atoms with E-state index in [4.69, 9.17) is 5.73 Å². The summed E-state index contributed by atoms with van der Waals surface area (Å²) in [6, 6.07) is 0.270. The van der Waals surface area contributed by atoms with Crippen LogP contribution in [0.2, 0.25) is 0 Å². The SMILES string of the molecule is CCC(C)CC(C)NC(=O)C1(CN)CCC1. The monoisotopic (exact) mass is 226 g/mol. The van der Waals surface area contributed by atoms with Crippen LogP contribution >= 0.6 is 0 Å². The zero-order valence-electron chi connectivity index (χ0n) is 10.9. The number of rotatable bonds is 6. The maximum Gasteiger partial charge on any atom is 0.227 e. The van der Waals surface area contributed by atoms with Crippen molar-refractivity contribution in [3.05, 3.63) is 0 Å². The van der Waals surface area contributed by atoms with Crippen molar-refractivity contribution in [2.75, 3.05) is 6.54 Å². The topological polar surface area (TPSA) is 55.1 Å². The zero-order chi connectivity index (χ0) is 12.2. The fraction of sp³-hybridized carbons (Fsp3) is 0.923. The second-order valence-electron chi connectivity index (χ2n) is 5.46. The number of amides is 1. The first-order chi connectivity index (χ1) is 7.54. The molecule has 1 fully saturated rings. The van der Waals surface area contributed by atoms with Crippen LogP contribution in [-0.2, 0) is 4.79 Å². The number of hydrogen-bond donors (Lipinski definition) is 2. The Balaban J connectivity index is 2.38. The van der Waals surface area contributed by atoms with Gasteiger partial charge in [-0.25, -0.2) is 0 Å². The summed E-state index contributed by atoms with van der Waals surface area (Å²) in [5.74, 6) is 0.850. The van der Waals surface area contributed by atoms with Gasteiger partial charge in [0, 0.05) is 12.6 Å². The predicted molar refractivity (Wildman–Crippen MR) is 67.0 cm³/mol. The van der Waals surface area contributed by atoms with Crippen molar-refractivity contribution in [1.82, 2.24) is 5.32 Å². The Hall–Kier alpha value is -0.570. The van der Waals surface area contributed by atoms with Gasteiger partial charge in [0.25, 0.3) is 0 Å². The van der Waals surface area contributed by atoms with Crippen LogP contribution in [0, 0.1) is 11.3 Å². The minimum absolute atomic E-state index is 0.178. The Bertz CT molecular complexity index is 231. The molecular formula is C13H26N2O. The third-order valence-electron chi connectivity index (χ3n) is 4.01. The quantitative estimate of drug-likeness (QED) is 0.728. The first-order valence-electron chi connectivity index (χ1n) is 6.55. The molecule has 2 unspecified atom stereocenters. The van der Waals surface area contributed by atoms with Gasteiger partial charge < -0.3 is 11.1 Å². The fourth-order valence-corrected chi connectivity index (χ4v) is 2.33. The van der Waals surface area contributed by atoms with E-state index < -0.39 is 0 Å². The third kappa shape index (κ3) is 2.97. The Morgan fingerprint density at radius 1 is 1.44 bits per heavy atom. The second-order valence-corrected chi connectivity index (χ2v) is 5.46. The molecule has 2 atom stereocenters. The molecular weight excluding hydrogens is 200 g/mol. The normalized spacial score (nSPS) is 22.0. The summed E-state index contributed by atoms with van der Waals surface area (Å²) in [4.78, 5) is 12.1. The molecule has 1 aliphatic rings. The van der Waals surface area contributed by atoms with Crippen molar-refractivity contribution in [1.29, 1.82) is 0 Å². The van der Waals surface area contributed by atoms with E-state index >= 15 is 0 Å². The zero-order valence-corrected chi connectivity index (χ0v) is 10.9. The number of nitrogens with two attached hydrogens (primary N) is 1. The largest absolute Gasteiger partial charge is 0.353 e. The molecule has 94 valence electrons. The van der Waals surface area contributed by atoms with Crippen LogP contribution in [0.3, 0.4) is 0 Å². The highest BCUT2D eigenvalue weighted by molar-refractivity contribution is 5.84. The molecule has 1 aliphatic carbocycles. The van der Waals surface area contributed by atoms with Gasteiger partial charge in [-0.2, -0.15) is 0 Å². The predicted octanol–water partition coefficient (Wildman–Crippen LogP) is 2.06. The molecule has 0 saturated heterocycles. The minimum Gasteiger partial charge on any atom is -0.353 e. The highest BCUT2D eigenvalue weighted by Gasteiger charge is 2.43. The van der Waals surface area contributed by atoms with E-state index in [1.807, 2.05) is 0 Å². The summed E-state index contributed by atoms with van der Waals surface area (Å²) in [5.41, 5.74) is 5.48. The fourth-order valence-electron chi connectivity index (χ4n) is 2.33. The van der Waals surface area contributed by atoms with E-state index in [1.165, 1.54) is 6.42 Å². The molecule has 0 spiro atoms. The average Bonchev–Trinajstić information content (AvgIpc) is 2.16. The van der Waals surface area contributed by atoms with E-state index in [2.05, 4.69) is 26.1 Å². The third-order valence-corrected chi connectivity index (χ3v) is 4.01. The molecule has 0 bridgehead atoms. The Kier molecular flexibility index (Phi) is 4.78. The van der Waals surface area contributed by atoms with Crippen molar-refractivity contribution in [3.63, 3.8) is 0 Å². The maximum atomic E-state index is 12.1. The van der Waals surface area contributed by atoms with E-state index in [9.17, 15) is 4.79 Å². The van der Waals surface area contributed by atoms with E-state index in [0.717, 1.165) is 25.7 Å². The standard InChI is InChI=1S/C13H26N2O/c1-4-10(2)8-11(3)15-12(16)13(9-14)6-5-7-13/h10-11H,4-9,14H2,1-3H3,(H,15,16). The second kappa shape index (κ2) is 5.67. The summed E-state index contributed by atoms with van der Waals surface area (Å²) in [6.07, 6.45) is 5.30. The van der Waals surface area contributed by atoms with Crippen LogP contribution in [0.1, 0.15) is 52.9 Å². The smallest absolute Gasteiger partial charge is 0.227 e. The summed E-state index contributed by atoms with van der Waals surface area (Å²) < 4.78 is 0. The van der Waals surface area contributed by atoms with Crippen LogP contribution in [0.15, 0.2) is 0 Å². The number of hydrogen-bond acceptors (Lipinski definition) is 2. The molecule has 1 saturated carbocycles. The minimum atomic E-state index is -0.232. The first kappa shape index (κ1) is 13.5. The van der Waals surface area contributed by atoms with Gasteiger partial charge in [0.05, 0.1) is 5.41 Å². The van der Waals surface area contributed by atoms with Crippen molar-refractivity contribution in [3.8, 4) is 0 Å². The Morgan fingerprint density at radius 2 is 2.06 bits per heavy atom. The molecule has 0 aromatic carbocycles. The molecule has 1 amide bonds. The van der Waals surface area contributed by atoms with Crippen LogP contribution < -0.4 is 11.1 Å². The highest BCUT2D eigenvalue weighted by Crippen LogP contribution is 2.40. The van der Waals surface area contributed by atoms with Crippen molar-refractivity contribution >= 4 is 5.91 Å². The van der Waals surface area contributed by atoms with Gasteiger partial charge in [0.1, 0.15) is 0 Å². The van der Waals surface area contributed by atoms with Crippen molar-refractivity contribution < 1.29 is 4.79 Å². The van der Waals surface area contributed by atoms with Gasteiger partial charge in [-0.05, 0) is 32.1 Å². The van der Waals surface area contributed by atoms with Crippen LogP contribution in [0.25, 0.3) is 0 Å².